The van der Waals surface area contributed by atoms with Crippen LogP contribution in [0.3, 0.4) is 0 Å². The summed E-state index contributed by atoms with van der Waals surface area (Å²) in [6, 6.07) is -1.93. The lowest BCUT2D eigenvalue weighted by atomic mass is 9.97. The molecule has 0 aromatic carbocycles. The van der Waals surface area contributed by atoms with Crippen LogP contribution >= 0.6 is 0 Å². The molecule has 0 aromatic rings. The van der Waals surface area contributed by atoms with Gasteiger partial charge >= 0.3 is 0 Å². The highest BCUT2D eigenvalue weighted by Gasteiger charge is 2.44. The lowest BCUT2D eigenvalue weighted by molar-refractivity contribution is -0.236. The van der Waals surface area contributed by atoms with E-state index >= 15 is 0 Å². The van der Waals surface area contributed by atoms with Gasteiger partial charge < -0.3 is 41.5 Å². The molecule has 1 aliphatic heterocycles. The third kappa shape index (κ3) is 8.38. The zero-order valence-corrected chi connectivity index (χ0v) is 19.1. The van der Waals surface area contributed by atoms with Crippen LogP contribution in [0.1, 0.15) is 59.3 Å². The zero-order chi connectivity index (χ0) is 24.4. The normalized spacial score (nSPS) is 27.6. The Labute approximate surface area is 188 Å². The molecule has 1 aliphatic rings. The SMILES string of the molecule is CCCCCCC(N)C(=O)NC(CC(=O)N[C@@H]1OC(CO)[C@@H](O)[C@H](O)C1O)C(=O)C(C)C. The minimum absolute atomic E-state index is 0.361. The second-order valence-electron chi connectivity index (χ2n) is 8.60. The third-order valence-corrected chi connectivity index (χ3v) is 5.52. The summed E-state index contributed by atoms with van der Waals surface area (Å²) in [4.78, 5) is 37.5. The number of rotatable bonds is 13. The number of carbonyl (C=O) groups excluding carboxylic acids is 3. The van der Waals surface area contributed by atoms with E-state index in [0.717, 1.165) is 25.7 Å². The van der Waals surface area contributed by atoms with Crippen molar-refractivity contribution in [2.24, 2.45) is 11.7 Å². The second kappa shape index (κ2) is 13.8. The molecule has 0 aromatic heterocycles. The van der Waals surface area contributed by atoms with Crippen LogP contribution < -0.4 is 16.4 Å². The number of carbonyl (C=O) groups is 3. The van der Waals surface area contributed by atoms with Crippen LogP contribution in [0.5, 0.6) is 0 Å². The quantitative estimate of drug-likeness (QED) is 0.157. The van der Waals surface area contributed by atoms with Crippen molar-refractivity contribution in [3.8, 4) is 0 Å². The van der Waals surface area contributed by atoms with E-state index in [2.05, 4.69) is 17.6 Å². The Bertz CT molecular complexity index is 616. The molecule has 4 unspecified atom stereocenters. The minimum Gasteiger partial charge on any atom is -0.394 e. The maximum atomic E-state index is 12.6. The number of aliphatic hydroxyl groups excluding tert-OH is 4. The van der Waals surface area contributed by atoms with E-state index in [4.69, 9.17) is 10.5 Å². The maximum Gasteiger partial charge on any atom is 0.237 e. The standard InChI is InChI=1S/C21H39N3O8/c1-4-5-6-7-8-12(22)20(31)23-13(16(27)11(2)3)9-15(26)24-21-19(30)18(29)17(28)14(10-25)32-21/h11-14,17-19,21,25,28-30H,4-10,22H2,1-3H3,(H,23,31)(H,24,26)/t12?,13?,14?,17-,18+,19?,21-/m1/s1. The van der Waals surface area contributed by atoms with E-state index in [0.29, 0.717) is 6.42 Å². The van der Waals surface area contributed by atoms with Gasteiger partial charge in [0.1, 0.15) is 24.4 Å². The van der Waals surface area contributed by atoms with Gasteiger partial charge in [-0.2, -0.15) is 0 Å². The molecule has 8 N–H and O–H groups in total. The van der Waals surface area contributed by atoms with E-state index in [1.165, 1.54) is 0 Å². The number of nitrogens with one attached hydrogen (secondary N) is 2. The van der Waals surface area contributed by atoms with E-state index in [9.17, 15) is 34.8 Å². The fourth-order valence-corrected chi connectivity index (χ4v) is 3.45. The van der Waals surface area contributed by atoms with Crippen LogP contribution in [0, 0.1) is 5.92 Å². The lowest BCUT2D eigenvalue weighted by Gasteiger charge is -2.40. The largest absolute Gasteiger partial charge is 0.394 e. The molecule has 2 amide bonds. The van der Waals surface area contributed by atoms with Gasteiger partial charge in [-0.25, -0.2) is 0 Å². The molecule has 11 heteroatoms. The Hall–Kier alpha value is -1.63. The molecular weight excluding hydrogens is 422 g/mol. The first-order valence-corrected chi connectivity index (χ1v) is 11.2. The summed E-state index contributed by atoms with van der Waals surface area (Å²) in [5.74, 6) is -2.08. The summed E-state index contributed by atoms with van der Waals surface area (Å²) in [6.45, 7) is 4.71. The van der Waals surface area contributed by atoms with Crippen LogP contribution in [-0.4, -0.2) is 87.4 Å². The Kier molecular flexibility index (Phi) is 12.3. The Morgan fingerprint density at radius 2 is 1.69 bits per heavy atom. The van der Waals surface area contributed by atoms with Crippen molar-refractivity contribution in [2.75, 3.05) is 6.61 Å². The molecule has 0 aliphatic carbocycles. The summed E-state index contributed by atoms with van der Waals surface area (Å²) in [7, 11) is 0. The molecule has 186 valence electrons. The average Bonchev–Trinajstić information content (AvgIpc) is 2.75. The average molecular weight is 462 g/mol. The number of unbranched alkanes of at least 4 members (excludes halogenated alkanes) is 3. The molecule has 7 atom stereocenters. The maximum absolute atomic E-state index is 12.6. The van der Waals surface area contributed by atoms with Crippen molar-refractivity contribution < 1.29 is 39.5 Å². The van der Waals surface area contributed by atoms with Crippen LogP contribution in [-0.2, 0) is 19.1 Å². The Morgan fingerprint density at radius 3 is 2.25 bits per heavy atom. The smallest absolute Gasteiger partial charge is 0.237 e. The first kappa shape index (κ1) is 28.4. The van der Waals surface area contributed by atoms with Crippen molar-refractivity contribution in [2.45, 2.75) is 102 Å². The number of amides is 2. The first-order valence-electron chi connectivity index (χ1n) is 11.2. The summed E-state index contributed by atoms with van der Waals surface area (Å²) in [6.07, 6.45) is -3.59. The molecule has 32 heavy (non-hydrogen) atoms. The van der Waals surface area contributed by atoms with Crippen molar-refractivity contribution >= 4 is 17.6 Å². The molecule has 0 spiro atoms. The third-order valence-electron chi connectivity index (χ3n) is 5.52. The number of hydrogen-bond acceptors (Lipinski definition) is 9. The predicted octanol–water partition coefficient (Wildman–Crippen LogP) is -1.70. The van der Waals surface area contributed by atoms with Crippen LogP contribution in [0.25, 0.3) is 0 Å². The number of hydrogen-bond donors (Lipinski definition) is 7. The Morgan fingerprint density at radius 1 is 1.03 bits per heavy atom. The molecule has 1 fully saturated rings. The number of aliphatic hydroxyl groups is 4. The minimum atomic E-state index is -1.65. The summed E-state index contributed by atoms with van der Waals surface area (Å²) in [5, 5.41) is 43.8. The van der Waals surface area contributed by atoms with Gasteiger partial charge in [0.15, 0.2) is 12.0 Å². The number of nitrogens with two attached hydrogens (primary N) is 1. The van der Waals surface area contributed by atoms with E-state index in [1.54, 1.807) is 13.8 Å². The highest BCUT2D eigenvalue weighted by Crippen LogP contribution is 2.20. The summed E-state index contributed by atoms with van der Waals surface area (Å²) >= 11 is 0. The molecule has 1 rings (SSSR count). The van der Waals surface area contributed by atoms with Gasteiger partial charge in [0, 0.05) is 5.92 Å². The van der Waals surface area contributed by atoms with Gasteiger partial charge in [-0.15, -0.1) is 0 Å². The van der Waals surface area contributed by atoms with E-state index in [1.807, 2.05) is 0 Å². The number of ketones is 1. The lowest BCUT2D eigenvalue weighted by Crippen LogP contribution is -2.63. The monoisotopic (exact) mass is 461 g/mol. The number of Topliss-reactive ketones (excluding diaryl/α,β-unsaturated/α-hetero) is 1. The fraction of sp³-hybridized carbons (Fsp3) is 0.857. The van der Waals surface area contributed by atoms with E-state index in [-0.39, 0.29) is 5.78 Å². The van der Waals surface area contributed by atoms with Crippen LogP contribution in [0.4, 0.5) is 0 Å². The van der Waals surface area contributed by atoms with E-state index < -0.39 is 73.5 Å². The summed E-state index contributed by atoms with van der Waals surface area (Å²) in [5.41, 5.74) is 5.93. The highest BCUT2D eigenvalue weighted by atomic mass is 16.6. The van der Waals surface area contributed by atoms with Gasteiger partial charge in [-0.1, -0.05) is 46.5 Å². The van der Waals surface area contributed by atoms with Gasteiger partial charge in [0.2, 0.25) is 11.8 Å². The molecule has 0 bridgehead atoms. The predicted molar refractivity (Wildman–Crippen MR) is 115 cm³/mol. The van der Waals surface area contributed by atoms with Crippen molar-refractivity contribution in [1.82, 2.24) is 10.6 Å². The highest BCUT2D eigenvalue weighted by molar-refractivity contribution is 5.95. The van der Waals surface area contributed by atoms with Gasteiger partial charge in [-0.05, 0) is 6.42 Å². The molecule has 0 radical (unpaired) electrons. The van der Waals surface area contributed by atoms with Gasteiger partial charge in [0.05, 0.1) is 25.1 Å². The van der Waals surface area contributed by atoms with Crippen LogP contribution in [0.15, 0.2) is 0 Å². The van der Waals surface area contributed by atoms with Gasteiger partial charge in [-0.3, -0.25) is 14.4 Å². The molecule has 1 heterocycles. The summed E-state index contributed by atoms with van der Waals surface area (Å²) < 4.78 is 5.24. The van der Waals surface area contributed by atoms with Crippen LogP contribution in [0.2, 0.25) is 0 Å². The fourth-order valence-electron chi connectivity index (χ4n) is 3.45. The molecule has 0 saturated carbocycles. The second-order valence-corrected chi connectivity index (χ2v) is 8.60. The zero-order valence-electron chi connectivity index (χ0n) is 19.1. The first-order chi connectivity index (χ1) is 15.0. The Balaban J connectivity index is 2.74. The van der Waals surface area contributed by atoms with Crippen molar-refractivity contribution in [3.05, 3.63) is 0 Å². The molecular formula is C21H39N3O8. The molecule has 1 saturated heterocycles. The van der Waals surface area contributed by atoms with Crippen molar-refractivity contribution in [1.29, 1.82) is 0 Å². The number of ether oxygens (including phenoxy) is 1. The molecule has 11 nitrogen and oxygen atoms in total. The topological polar surface area (TPSA) is 191 Å². The van der Waals surface area contributed by atoms with Crippen molar-refractivity contribution in [3.63, 3.8) is 0 Å². The van der Waals surface area contributed by atoms with Gasteiger partial charge in [0.25, 0.3) is 0 Å².